The maximum atomic E-state index is 5.55. The van der Waals surface area contributed by atoms with Gasteiger partial charge in [0.15, 0.2) is 0 Å². The quantitative estimate of drug-likeness (QED) is 0.668. The predicted molar refractivity (Wildman–Crippen MR) is 107 cm³/mol. The summed E-state index contributed by atoms with van der Waals surface area (Å²) in [5, 5.41) is 0. The zero-order chi connectivity index (χ0) is 18.5. The molecule has 0 saturated carbocycles. The maximum absolute atomic E-state index is 5.55. The van der Waals surface area contributed by atoms with Gasteiger partial charge in [-0.25, -0.2) is 0 Å². The number of benzene rings is 2. The second kappa shape index (κ2) is 8.41. The molecule has 0 N–H and O–H groups in total. The van der Waals surface area contributed by atoms with Crippen molar-refractivity contribution >= 4 is 0 Å². The molecule has 0 aliphatic heterocycles. The lowest BCUT2D eigenvalue weighted by atomic mass is 9.86. The Labute approximate surface area is 157 Å². The van der Waals surface area contributed by atoms with Crippen molar-refractivity contribution in [3.05, 3.63) is 71.8 Å². The molecule has 2 aromatic carbocycles. The van der Waals surface area contributed by atoms with Gasteiger partial charge in [-0.05, 0) is 61.1 Å². The summed E-state index contributed by atoms with van der Waals surface area (Å²) in [5.41, 5.74) is 4.10. The highest BCUT2D eigenvalue weighted by Crippen LogP contribution is 2.34. The Kier molecular flexibility index (Phi) is 6.00. The fourth-order valence-electron chi connectivity index (χ4n) is 4.07. The molecule has 0 fully saturated rings. The van der Waals surface area contributed by atoms with Gasteiger partial charge in [0, 0.05) is 18.6 Å². The van der Waals surface area contributed by atoms with Gasteiger partial charge in [0.2, 0.25) is 0 Å². The van der Waals surface area contributed by atoms with E-state index in [-0.39, 0.29) is 0 Å². The summed E-state index contributed by atoms with van der Waals surface area (Å²) in [6, 6.07) is 15.7. The third kappa shape index (κ3) is 3.78. The molecule has 0 radical (unpaired) electrons. The molecule has 0 bridgehead atoms. The fourth-order valence-corrected chi connectivity index (χ4v) is 4.07. The Hall–Kier alpha value is -2.26. The number of hydrogen-bond acceptors (Lipinski definition) is 3. The molecule has 2 unspecified atom stereocenters. The Balaban J connectivity index is 1.82. The molecule has 1 aliphatic carbocycles. The molecule has 26 heavy (non-hydrogen) atoms. The van der Waals surface area contributed by atoms with Crippen LogP contribution in [-0.2, 0) is 12.8 Å². The minimum Gasteiger partial charge on any atom is -0.497 e. The van der Waals surface area contributed by atoms with Crippen LogP contribution in [0.4, 0.5) is 0 Å². The van der Waals surface area contributed by atoms with Crippen LogP contribution in [0.25, 0.3) is 0 Å². The number of methoxy groups -OCH3 is 2. The van der Waals surface area contributed by atoms with Crippen LogP contribution in [0.1, 0.15) is 36.1 Å². The van der Waals surface area contributed by atoms with Crippen molar-refractivity contribution in [1.82, 2.24) is 4.90 Å². The van der Waals surface area contributed by atoms with Crippen LogP contribution >= 0.6 is 0 Å². The average Bonchev–Trinajstić information content (AvgIpc) is 2.70. The van der Waals surface area contributed by atoms with Crippen molar-refractivity contribution in [3.63, 3.8) is 0 Å². The second-order valence-electron chi connectivity index (χ2n) is 6.93. The van der Waals surface area contributed by atoms with Crippen LogP contribution in [0.5, 0.6) is 11.5 Å². The van der Waals surface area contributed by atoms with Crippen LogP contribution < -0.4 is 9.47 Å². The standard InChI is InChI=1S/C23H29NO2/c1-5-15-24(17(2)18-9-12-21(25-3)13-10-18)20-11-14-22-19(16-20)7-6-8-23(22)26-4/h5-10,12-13,17,20H,1,11,14-16H2,2-4H3. The van der Waals surface area contributed by atoms with Crippen LogP contribution in [0.15, 0.2) is 55.1 Å². The number of nitrogens with zero attached hydrogens (tertiary/aromatic N) is 1. The molecular weight excluding hydrogens is 322 g/mol. The van der Waals surface area contributed by atoms with Crippen LogP contribution in [-0.4, -0.2) is 31.7 Å². The van der Waals surface area contributed by atoms with Crippen molar-refractivity contribution < 1.29 is 9.47 Å². The van der Waals surface area contributed by atoms with Crippen molar-refractivity contribution in [2.24, 2.45) is 0 Å². The van der Waals surface area contributed by atoms with Gasteiger partial charge >= 0.3 is 0 Å². The van der Waals surface area contributed by atoms with E-state index in [0.717, 1.165) is 37.3 Å². The van der Waals surface area contributed by atoms with Gasteiger partial charge in [-0.3, -0.25) is 4.90 Å². The first-order valence-corrected chi connectivity index (χ1v) is 9.33. The van der Waals surface area contributed by atoms with E-state index in [1.54, 1.807) is 14.2 Å². The monoisotopic (exact) mass is 351 g/mol. The molecule has 138 valence electrons. The van der Waals surface area contributed by atoms with E-state index in [4.69, 9.17) is 9.47 Å². The first kappa shape index (κ1) is 18.5. The third-order valence-electron chi connectivity index (χ3n) is 5.54. The molecule has 0 spiro atoms. The van der Waals surface area contributed by atoms with Crippen molar-refractivity contribution in [2.45, 2.75) is 38.3 Å². The topological polar surface area (TPSA) is 21.7 Å². The summed E-state index contributed by atoms with van der Waals surface area (Å²) in [5.74, 6) is 1.93. The van der Waals surface area contributed by atoms with E-state index >= 15 is 0 Å². The minimum absolute atomic E-state index is 0.330. The van der Waals surface area contributed by atoms with Gasteiger partial charge in [-0.2, -0.15) is 0 Å². The van der Waals surface area contributed by atoms with Gasteiger partial charge in [-0.1, -0.05) is 30.3 Å². The largest absolute Gasteiger partial charge is 0.497 e. The smallest absolute Gasteiger partial charge is 0.122 e. The summed E-state index contributed by atoms with van der Waals surface area (Å²) in [6.07, 6.45) is 5.27. The van der Waals surface area contributed by atoms with Crippen LogP contribution in [0.3, 0.4) is 0 Å². The highest BCUT2D eigenvalue weighted by molar-refractivity contribution is 5.42. The Bertz CT molecular complexity index is 738. The van der Waals surface area contributed by atoms with Gasteiger partial charge in [0.1, 0.15) is 11.5 Å². The van der Waals surface area contributed by atoms with E-state index in [9.17, 15) is 0 Å². The summed E-state index contributed by atoms with van der Waals surface area (Å²) in [7, 11) is 3.47. The lowest BCUT2D eigenvalue weighted by molar-refractivity contribution is 0.147. The zero-order valence-corrected chi connectivity index (χ0v) is 16.1. The molecule has 0 saturated heterocycles. The lowest BCUT2D eigenvalue weighted by Crippen LogP contribution is -2.41. The summed E-state index contributed by atoms with van der Waals surface area (Å²) in [6.45, 7) is 7.16. The Morgan fingerprint density at radius 1 is 1.15 bits per heavy atom. The molecular formula is C23H29NO2. The molecule has 3 nitrogen and oxygen atoms in total. The molecule has 3 heteroatoms. The van der Waals surface area contributed by atoms with Gasteiger partial charge < -0.3 is 9.47 Å². The first-order chi connectivity index (χ1) is 12.7. The van der Waals surface area contributed by atoms with Crippen LogP contribution in [0, 0.1) is 0 Å². The summed E-state index contributed by atoms with van der Waals surface area (Å²) < 4.78 is 10.8. The lowest BCUT2D eigenvalue weighted by Gasteiger charge is -2.39. The number of hydrogen-bond donors (Lipinski definition) is 0. The molecule has 0 heterocycles. The maximum Gasteiger partial charge on any atom is 0.122 e. The molecule has 2 aromatic rings. The number of ether oxygens (including phenoxy) is 2. The van der Waals surface area contributed by atoms with E-state index in [1.807, 2.05) is 18.2 Å². The minimum atomic E-state index is 0.330. The van der Waals surface area contributed by atoms with Crippen molar-refractivity contribution in [3.8, 4) is 11.5 Å². The van der Waals surface area contributed by atoms with E-state index < -0.39 is 0 Å². The van der Waals surface area contributed by atoms with Crippen molar-refractivity contribution in [1.29, 1.82) is 0 Å². The second-order valence-corrected chi connectivity index (χ2v) is 6.93. The molecule has 3 rings (SSSR count). The van der Waals surface area contributed by atoms with Crippen molar-refractivity contribution in [2.75, 3.05) is 20.8 Å². The fraction of sp³-hybridized carbons (Fsp3) is 0.391. The first-order valence-electron chi connectivity index (χ1n) is 9.33. The van der Waals surface area contributed by atoms with E-state index in [2.05, 4.69) is 48.7 Å². The zero-order valence-electron chi connectivity index (χ0n) is 16.1. The summed E-state index contributed by atoms with van der Waals surface area (Å²) in [4.78, 5) is 2.57. The molecule has 0 aromatic heterocycles. The number of rotatable bonds is 7. The molecule has 1 aliphatic rings. The SMILES string of the molecule is C=CCN(C1CCc2c(cccc2OC)C1)C(C)c1ccc(OC)cc1. The predicted octanol–water partition coefficient (Wildman–Crippen LogP) is 4.81. The number of fused-ring (bicyclic) bond motifs is 1. The highest BCUT2D eigenvalue weighted by atomic mass is 16.5. The third-order valence-corrected chi connectivity index (χ3v) is 5.54. The summed E-state index contributed by atoms with van der Waals surface area (Å²) >= 11 is 0. The normalized spacial score (nSPS) is 17.5. The van der Waals surface area contributed by atoms with E-state index in [1.165, 1.54) is 16.7 Å². The van der Waals surface area contributed by atoms with Gasteiger partial charge in [0.05, 0.1) is 14.2 Å². The highest BCUT2D eigenvalue weighted by Gasteiger charge is 2.28. The van der Waals surface area contributed by atoms with Crippen LogP contribution in [0.2, 0.25) is 0 Å². The van der Waals surface area contributed by atoms with Gasteiger partial charge in [0.25, 0.3) is 0 Å². The average molecular weight is 351 g/mol. The Morgan fingerprint density at radius 2 is 1.92 bits per heavy atom. The Morgan fingerprint density at radius 3 is 2.58 bits per heavy atom. The van der Waals surface area contributed by atoms with Gasteiger partial charge in [-0.15, -0.1) is 6.58 Å². The van der Waals surface area contributed by atoms with E-state index in [0.29, 0.717) is 12.1 Å². The molecule has 0 amide bonds. The molecule has 2 atom stereocenters.